The molecule has 0 aliphatic heterocycles. The topological polar surface area (TPSA) is 121 Å². The average Bonchev–Trinajstić information content (AvgIpc) is 2.43. The van der Waals surface area contributed by atoms with Crippen molar-refractivity contribution in [3.05, 3.63) is 32.8 Å². The van der Waals surface area contributed by atoms with Crippen LogP contribution in [-0.2, 0) is 16.1 Å². The molecule has 0 radical (unpaired) electrons. The Labute approximate surface area is 119 Å². The van der Waals surface area contributed by atoms with Crippen LogP contribution in [0.3, 0.4) is 0 Å². The fraction of sp³-hybridized carbons (Fsp3) is 0.538. The molecule has 1 aromatic rings. The molecule has 8 heteroatoms. The number of aromatic amines is 1. The van der Waals surface area contributed by atoms with Gasteiger partial charge < -0.3 is 10.4 Å². The average molecular weight is 295 g/mol. The van der Waals surface area contributed by atoms with Crippen LogP contribution in [0.1, 0.15) is 25.7 Å². The maximum Gasteiger partial charge on any atom is 0.306 e. The van der Waals surface area contributed by atoms with Crippen LogP contribution < -0.4 is 16.4 Å². The molecular weight excluding hydrogens is 278 g/mol. The number of aromatic nitrogens is 2. The van der Waals surface area contributed by atoms with Gasteiger partial charge in [0.05, 0.1) is 5.92 Å². The second-order valence-corrected chi connectivity index (χ2v) is 5.19. The Morgan fingerprint density at radius 2 is 1.90 bits per heavy atom. The minimum Gasteiger partial charge on any atom is -0.481 e. The summed E-state index contributed by atoms with van der Waals surface area (Å²) < 4.78 is 0.945. The fourth-order valence-corrected chi connectivity index (χ4v) is 2.48. The molecule has 1 aromatic heterocycles. The van der Waals surface area contributed by atoms with Gasteiger partial charge in [-0.15, -0.1) is 0 Å². The summed E-state index contributed by atoms with van der Waals surface area (Å²) in [5.41, 5.74) is -0.913. The molecule has 1 fully saturated rings. The summed E-state index contributed by atoms with van der Waals surface area (Å²) in [6.07, 6.45) is 2.26. The quantitative estimate of drug-likeness (QED) is 0.678. The van der Waals surface area contributed by atoms with Crippen LogP contribution in [-0.4, -0.2) is 32.8 Å². The van der Waals surface area contributed by atoms with Crippen LogP contribution in [0.4, 0.5) is 0 Å². The van der Waals surface area contributed by atoms with Crippen LogP contribution in [0.25, 0.3) is 0 Å². The summed E-state index contributed by atoms with van der Waals surface area (Å²) >= 11 is 0. The minimum atomic E-state index is -0.798. The largest absolute Gasteiger partial charge is 0.481 e. The van der Waals surface area contributed by atoms with Crippen molar-refractivity contribution in [3.63, 3.8) is 0 Å². The van der Waals surface area contributed by atoms with Crippen molar-refractivity contribution in [2.24, 2.45) is 5.92 Å². The molecule has 0 bridgehead atoms. The highest BCUT2D eigenvalue weighted by Crippen LogP contribution is 2.24. The standard InChI is InChI=1S/C13H17N3O5/c17-10-5-6-12(19)16(15-10)7-11(18)14-9-3-1-8(2-4-9)13(20)21/h5-6,8-9H,1-4,7H2,(H,14,18)(H,15,17)(H,20,21). The van der Waals surface area contributed by atoms with Crippen molar-refractivity contribution in [1.82, 2.24) is 15.1 Å². The third kappa shape index (κ3) is 4.04. The zero-order valence-electron chi connectivity index (χ0n) is 11.4. The lowest BCUT2D eigenvalue weighted by Crippen LogP contribution is -2.42. The Morgan fingerprint density at radius 1 is 1.24 bits per heavy atom. The van der Waals surface area contributed by atoms with Crippen LogP contribution in [0.15, 0.2) is 21.7 Å². The molecule has 3 N–H and O–H groups in total. The van der Waals surface area contributed by atoms with Gasteiger partial charge in [0.25, 0.3) is 11.1 Å². The lowest BCUT2D eigenvalue weighted by molar-refractivity contribution is -0.142. The van der Waals surface area contributed by atoms with Crippen LogP contribution >= 0.6 is 0 Å². The monoisotopic (exact) mass is 295 g/mol. The van der Waals surface area contributed by atoms with E-state index in [9.17, 15) is 19.2 Å². The van der Waals surface area contributed by atoms with E-state index in [1.54, 1.807) is 0 Å². The molecule has 0 unspecified atom stereocenters. The zero-order chi connectivity index (χ0) is 15.4. The highest BCUT2D eigenvalue weighted by atomic mass is 16.4. The molecule has 0 aromatic carbocycles. The number of hydrogen-bond acceptors (Lipinski definition) is 4. The predicted molar refractivity (Wildman–Crippen MR) is 72.8 cm³/mol. The number of nitrogens with one attached hydrogen (secondary N) is 2. The molecule has 0 atom stereocenters. The highest BCUT2D eigenvalue weighted by Gasteiger charge is 2.26. The molecule has 0 spiro atoms. The van der Waals surface area contributed by atoms with E-state index in [2.05, 4.69) is 10.4 Å². The Hall–Kier alpha value is -2.38. The second kappa shape index (κ2) is 6.38. The van der Waals surface area contributed by atoms with Gasteiger partial charge in [-0.05, 0) is 25.7 Å². The van der Waals surface area contributed by atoms with Crippen LogP contribution in [0.5, 0.6) is 0 Å². The van der Waals surface area contributed by atoms with Crippen molar-refractivity contribution >= 4 is 11.9 Å². The van der Waals surface area contributed by atoms with Gasteiger partial charge in [0.2, 0.25) is 5.91 Å². The summed E-state index contributed by atoms with van der Waals surface area (Å²) in [6, 6.07) is 2.12. The van der Waals surface area contributed by atoms with E-state index < -0.39 is 17.1 Å². The lowest BCUT2D eigenvalue weighted by Gasteiger charge is -2.26. The molecule has 2 rings (SSSR count). The number of amides is 1. The molecule has 8 nitrogen and oxygen atoms in total. The molecule has 21 heavy (non-hydrogen) atoms. The van der Waals surface area contributed by atoms with E-state index >= 15 is 0 Å². The van der Waals surface area contributed by atoms with E-state index in [-0.39, 0.29) is 24.4 Å². The van der Waals surface area contributed by atoms with Crippen molar-refractivity contribution in [2.45, 2.75) is 38.3 Å². The molecule has 1 heterocycles. The number of carboxylic acid groups (broad SMARTS) is 1. The maximum atomic E-state index is 11.9. The number of carboxylic acids is 1. The molecule has 1 aliphatic rings. The maximum absolute atomic E-state index is 11.9. The number of carbonyl (C=O) groups is 2. The van der Waals surface area contributed by atoms with Crippen LogP contribution in [0, 0.1) is 5.92 Å². The number of carbonyl (C=O) groups excluding carboxylic acids is 1. The first kappa shape index (κ1) is 15.0. The number of rotatable bonds is 4. The summed E-state index contributed by atoms with van der Waals surface area (Å²) in [7, 11) is 0. The highest BCUT2D eigenvalue weighted by molar-refractivity contribution is 5.76. The van der Waals surface area contributed by atoms with E-state index in [4.69, 9.17) is 5.11 Å². The van der Waals surface area contributed by atoms with Gasteiger partial charge in [0.15, 0.2) is 0 Å². The normalized spacial score (nSPS) is 21.7. The Kier molecular flexibility index (Phi) is 4.56. The first-order valence-corrected chi connectivity index (χ1v) is 6.78. The summed E-state index contributed by atoms with van der Waals surface area (Å²) in [5, 5.41) is 13.9. The zero-order valence-corrected chi connectivity index (χ0v) is 11.4. The first-order chi connectivity index (χ1) is 9.95. The number of nitrogens with zero attached hydrogens (tertiary/aromatic N) is 1. The number of hydrogen-bond donors (Lipinski definition) is 3. The second-order valence-electron chi connectivity index (χ2n) is 5.19. The van der Waals surface area contributed by atoms with Gasteiger partial charge in [0, 0.05) is 18.2 Å². The van der Waals surface area contributed by atoms with Gasteiger partial charge in [-0.1, -0.05) is 0 Å². The first-order valence-electron chi connectivity index (χ1n) is 6.78. The lowest BCUT2D eigenvalue weighted by atomic mass is 9.86. The molecule has 114 valence electrons. The van der Waals surface area contributed by atoms with E-state index in [1.807, 2.05) is 0 Å². The van der Waals surface area contributed by atoms with Crippen molar-refractivity contribution in [3.8, 4) is 0 Å². The molecule has 0 saturated heterocycles. The summed E-state index contributed by atoms with van der Waals surface area (Å²) in [4.78, 5) is 45.3. The molecule has 1 saturated carbocycles. The summed E-state index contributed by atoms with van der Waals surface area (Å²) in [6.45, 7) is -0.256. The SMILES string of the molecule is O=C(Cn1[nH]c(=O)ccc1=O)NC1CCC(C(=O)O)CC1. The van der Waals surface area contributed by atoms with Gasteiger partial charge in [-0.3, -0.25) is 24.3 Å². The molecule has 1 amide bonds. The Morgan fingerprint density at radius 3 is 2.52 bits per heavy atom. The Balaban J connectivity index is 1.88. The van der Waals surface area contributed by atoms with Crippen molar-refractivity contribution in [2.75, 3.05) is 0 Å². The molecular formula is C13H17N3O5. The van der Waals surface area contributed by atoms with Gasteiger partial charge in [-0.2, -0.15) is 0 Å². The number of H-pyrrole nitrogens is 1. The molecule has 1 aliphatic carbocycles. The van der Waals surface area contributed by atoms with Crippen molar-refractivity contribution < 1.29 is 14.7 Å². The van der Waals surface area contributed by atoms with Gasteiger partial charge in [-0.25, -0.2) is 4.68 Å². The Bertz CT molecular complexity index is 640. The minimum absolute atomic E-state index is 0.0840. The van der Waals surface area contributed by atoms with E-state index in [0.717, 1.165) is 16.8 Å². The smallest absolute Gasteiger partial charge is 0.306 e. The van der Waals surface area contributed by atoms with Gasteiger partial charge >= 0.3 is 5.97 Å². The summed E-state index contributed by atoms with van der Waals surface area (Å²) in [5.74, 6) is -1.52. The number of aliphatic carboxylic acids is 1. The van der Waals surface area contributed by atoms with E-state index in [1.165, 1.54) is 0 Å². The van der Waals surface area contributed by atoms with Gasteiger partial charge in [0.1, 0.15) is 6.54 Å². The van der Waals surface area contributed by atoms with Crippen molar-refractivity contribution in [1.29, 1.82) is 0 Å². The van der Waals surface area contributed by atoms with Crippen LogP contribution in [0.2, 0.25) is 0 Å². The third-order valence-corrected chi connectivity index (χ3v) is 3.63. The predicted octanol–water partition coefficient (Wildman–Crippen LogP) is -0.704. The fourth-order valence-electron chi connectivity index (χ4n) is 2.48. The third-order valence-electron chi connectivity index (χ3n) is 3.63. The van der Waals surface area contributed by atoms with E-state index in [0.29, 0.717) is 25.7 Å².